The molecule has 53 heavy (non-hydrogen) atoms. The number of carboxylic acid groups (broad SMARTS) is 1. The minimum Gasteiger partial charge on any atom is -0.494 e. The molecule has 0 spiro atoms. The molecule has 0 fully saturated rings. The number of ether oxygens (including phenoxy) is 1. The number of unbranched alkanes of at least 4 members (excludes halogenated alkanes) is 4. The van der Waals surface area contributed by atoms with Gasteiger partial charge in [-0.05, 0) is 47.2 Å². The van der Waals surface area contributed by atoms with Crippen LogP contribution in [0.2, 0.25) is 0 Å². The summed E-state index contributed by atoms with van der Waals surface area (Å²) >= 11 is 1.34. The Balaban J connectivity index is 1.45. The standard InChI is InChI=1S/C41H51N5O6S/c1-7-8-9-10-11-22-52-31-18-16-28(17-19-31)30-25-42-37(43-26-30)29-14-12-27(13-15-29)23-32(38(49)45-33(24-36(47)48)40(51)46(5)6)44-39(50)34-20-21-35(53-34)41(2,3)4/h12-21,25-26,32-33H,7-11,22-24H2,1-6H3,(H,44,50)(H,45,49)(H,47,48)/t32-,33-/m0/s1. The molecule has 11 nitrogen and oxygen atoms in total. The van der Waals surface area contributed by atoms with Gasteiger partial charge in [0.1, 0.15) is 17.8 Å². The van der Waals surface area contributed by atoms with Crippen molar-refractivity contribution in [3.63, 3.8) is 0 Å². The third-order valence-electron chi connectivity index (χ3n) is 8.63. The molecule has 2 atom stereocenters. The average molecular weight is 742 g/mol. The number of rotatable bonds is 18. The molecule has 3 amide bonds. The number of likely N-dealkylation sites (N-methyl/N-ethyl adjacent to an activating group) is 1. The van der Waals surface area contributed by atoms with Gasteiger partial charge >= 0.3 is 5.97 Å². The number of carbonyl (C=O) groups is 4. The second kappa shape index (κ2) is 19.1. The number of hydrogen-bond acceptors (Lipinski definition) is 8. The van der Waals surface area contributed by atoms with Crippen molar-refractivity contribution in [3.8, 4) is 28.3 Å². The van der Waals surface area contributed by atoms with Crippen LogP contribution in [0.4, 0.5) is 0 Å². The highest BCUT2D eigenvalue weighted by molar-refractivity contribution is 7.14. The maximum absolute atomic E-state index is 13.6. The molecule has 0 saturated heterocycles. The lowest BCUT2D eigenvalue weighted by molar-refractivity contribution is -0.143. The van der Waals surface area contributed by atoms with E-state index in [-0.39, 0.29) is 11.8 Å². The highest BCUT2D eigenvalue weighted by atomic mass is 32.1. The summed E-state index contributed by atoms with van der Waals surface area (Å²) in [6.45, 7) is 9.07. The van der Waals surface area contributed by atoms with Crippen molar-refractivity contribution in [2.24, 2.45) is 0 Å². The van der Waals surface area contributed by atoms with Gasteiger partial charge in [-0.3, -0.25) is 19.2 Å². The number of hydrogen-bond donors (Lipinski definition) is 3. The third kappa shape index (κ3) is 12.2. The van der Waals surface area contributed by atoms with E-state index in [4.69, 9.17) is 4.74 Å². The second-order valence-electron chi connectivity index (χ2n) is 14.3. The van der Waals surface area contributed by atoms with Crippen molar-refractivity contribution in [2.75, 3.05) is 20.7 Å². The van der Waals surface area contributed by atoms with Gasteiger partial charge in [-0.15, -0.1) is 11.3 Å². The number of amides is 3. The quantitative estimate of drug-likeness (QED) is 0.0932. The van der Waals surface area contributed by atoms with Crippen molar-refractivity contribution in [1.29, 1.82) is 0 Å². The van der Waals surface area contributed by atoms with Crippen LogP contribution in [0, 0.1) is 0 Å². The number of aromatic nitrogens is 2. The molecule has 0 radical (unpaired) electrons. The first-order valence-corrected chi connectivity index (χ1v) is 18.9. The molecular formula is C41H51N5O6S. The number of thiophene rings is 1. The van der Waals surface area contributed by atoms with Gasteiger partial charge in [0, 0.05) is 48.9 Å². The first kappa shape index (κ1) is 40.7. The van der Waals surface area contributed by atoms with Gasteiger partial charge < -0.3 is 25.4 Å². The highest BCUT2D eigenvalue weighted by Crippen LogP contribution is 2.30. The summed E-state index contributed by atoms with van der Waals surface area (Å²) in [7, 11) is 2.96. The van der Waals surface area contributed by atoms with Crippen LogP contribution in [-0.2, 0) is 26.2 Å². The Morgan fingerprint density at radius 1 is 0.811 bits per heavy atom. The fraction of sp³-hybridized carbons (Fsp3) is 0.415. The highest BCUT2D eigenvalue weighted by Gasteiger charge is 2.30. The Kier molecular flexibility index (Phi) is 14.7. The van der Waals surface area contributed by atoms with E-state index in [9.17, 15) is 24.3 Å². The van der Waals surface area contributed by atoms with Crippen LogP contribution in [0.15, 0.2) is 73.1 Å². The van der Waals surface area contributed by atoms with Crippen molar-refractivity contribution in [2.45, 2.75) is 90.1 Å². The van der Waals surface area contributed by atoms with Gasteiger partial charge in [0.15, 0.2) is 5.82 Å². The Hall–Kier alpha value is -5.10. The second-order valence-corrected chi connectivity index (χ2v) is 15.4. The van der Waals surface area contributed by atoms with Crippen LogP contribution >= 0.6 is 11.3 Å². The maximum Gasteiger partial charge on any atom is 0.305 e. The molecule has 282 valence electrons. The van der Waals surface area contributed by atoms with Gasteiger partial charge in [0.05, 0.1) is 17.9 Å². The summed E-state index contributed by atoms with van der Waals surface area (Å²) in [6, 6.07) is 16.4. The summed E-state index contributed by atoms with van der Waals surface area (Å²) in [5.74, 6) is -1.55. The lowest BCUT2D eigenvalue weighted by Gasteiger charge is -2.24. The van der Waals surface area contributed by atoms with E-state index < -0.39 is 42.2 Å². The topological polar surface area (TPSA) is 151 Å². The average Bonchev–Trinajstić information content (AvgIpc) is 3.65. The zero-order valence-electron chi connectivity index (χ0n) is 31.5. The summed E-state index contributed by atoms with van der Waals surface area (Å²) in [5.41, 5.74) is 3.18. The van der Waals surface area contributed by atoms with E-state index in [1.54, 1.807) is 18.5 Å². The zero-order valence-corrected chi connectivity index (χ0v) is 32.3. The van der Waals surface area contributed by atoms with Gasteiger partial charge in [0.2, 0.25) is 11.8 Å². The predicted octanol–water partition coefficient (Wildman–Crippen LogP) is 6.91. The summed E-state index contributed by atoms with van der Waals surface area (Å²) in [6.07, 6.45) is 8.99. The van der Waals surface area contributed by atoms with E-state index in [1.165, 1.54) is 56.0 Å². The smallest absolute Gasteiger partial charge is 0.305 e. The number of benzene rings is 2. The van der Waals surface area contributed by atoms with Crippen LogP contribution in [0.3, 0.4) is 0 Å². The minimum atomic E-state index is -1.30. The van der Waals surface area contributed by atoms with Crippen LogP contribution < -0.4 is 15.4 Å². The molecule has 0 unspecified atom stereocenters. The molecule has 2 aromatic heterocycles. The summed E-state index contributed by atoms with van der Waals surface area (Å²) < 4.78 is 5.89. The normalized spacial score (nSPS) is 12.4. The maximum atomic E-state index is 13.6. The largest absolute Gasteiger partial charge is 0.494 e. The first-order chi connectivity index (χ1) is 25.2. The molecule has 0 aliphatic heterocycles. The van der Waals surface area contributed by atoms with Crippen molar-refractivity contribution in [3.05, 3.63) is 88.4 Å². The first-order valence-electron chi connectivity index (χ1n) is 18.0. The number of aliphatic carboxylic acids is 1. The Morgan fingerprint density at radius 2 is 1.45 bits per heavy atom. The lowest BCUT2D eigenvalue weighted by atomic mass is 9.95. The number of nitrogens with zero attached hydrogens (tertiary/aromatic N) is 3. The monoisotopic (exact) mass is 741 g/mol. The van der Waals surface area contributed by atoms with Gasteiger partial charge in [0.25, 0.3) is 5.91 Å². The van der Waals surface area contributed by atoms with Crippen LogP contribution in [0.1, 0.15) is 86.3 Å². The molecular weight excluding hydrogens is 691 g/mol. The predicted molar refractivity (Wildman–Crippen MR) is 208 cm³/mol. The lowest BCUT2D eigenvalue weighted by Crippen LogP contribution is -2.54. The Bertz CT molecular complexity index is 1820. The van der Waals surface area contributed by atoms with Crippen molar-refractivity contribution in [1.82, 2.24) is 25.5 Å². The molecule has 2 heterocycles. The third-order valence-corrected chi connectivity index (χ3v) is 10.1. The van der Waals surface area contributed by atoms with E-state index in [1.807, 2.05) is 54.6 Å². The van der Waals surface area contributed by atoms with Gasteiger partial charge in [-0.2, -0.15) is 0 Å². The summed E-state index contributed by atoms with van der Waals surface area (Å²) in [4.78, 5) is 63.1. The number of carbonyl (C=O) groups excluding carboxylic acids is 3. The molecule has 12 heteroatoms. The Morgan fingerprint density at radius 3 is 2.04 bits per heavy atom. The van der Waals surface area contributed by atoms with E-state index in [0.717, 1.165) is 39.3 Å². The molecule has 3 N–H and O–H groups in total. The van der Waals surface area contributed by atoms with Crippen molar-refractivity contribution >= 4 is 35.0 Å². The zero-order chi connectivity index (χ0) is 38.5. The van der Waals surface area contributed by atoms with Gasteiger partial charge in [-0.1, -0.05) is 89.8 Å². The number of nitrogens with one attached hydrogen (secondary N) is 2. The van der Waals surface area contributed by atoms with E-state index in [0.29, 0.717) is 17.3 Å². The minimum absolute atomic E-state index is 0.0870. The molecule has 0 aliphatic carbocycles. The molecule has 0 bridgehead atoms. The van der Waals surface area contributed by atoms with E-state index in [2.05, 4.69) is 48.3 Å². The number of carboxylic acids is 1. The van der Waals surface area contributed by atoms with Crippen LogP contribution in [0.5, 0.6) is 5.75 Å². The molecule has 4 rings (SSSR count). The van der Waals surface area contributed by atoms with Crippen LogP contribution in [0.25, 0.3) is 22.5 Å². The van der Waals surface area contributed by atoms with Gasteiger partial charge in [-0.25, -0.2) is 9.97 Å². The molecule has 0 saturated carbocycles. The fourth-order valence-electron chi connectivity index (χ4n) is 5.55. The van der Waals surface area contributed by atoms with Crippen molar-refractivity contribution < 1.29 is 29.0 Å². The Labute approximate surface area is 316 Å². The molecule has 0 aliphatic rings. The molecule has 4 aromatic rings. The molecule has 2 aromatic carbocycles. The van der Waals surface area contributed by atoms with Crippen LogP contribution in [-0.4, -0.2) is 76.5 Å². The SMILES string of the molecule is CCCCCCCOc1ccc(-c2cnc(-c3ccc(C[C@H](NC(=O)c4ccc(C(C)(C)C)s4)C(=O)N[C@@H](CC(=O)O)C(=O)N(C)C)cc3)nc2)cc1. The van der Waals surface area contributed by atoms with E-state index >= 15 is 0 Å². The fourth-order valence-corrected chi connectivity index (χ4v) is 6.52. The summed E-state index contributed by atoms with van der Waals surface area (Å²) in [5, 5.41) is 14.8.